The summed E-state index contributed by atoms with van der Waals surface area (Å²) in [5.41, 5.74) is 0.975. The van der Waals surface area contributed by atoms with Crippen LogP contribution in [0.3, 0.4) is 0 Å². The number of benzene rings is 2. The van der Waals surface area contributed by atoms with Crippen LogP contribution in [0.25, 0.3) is 10.8 Å². The number of nitrogens with zero attached hydrogens (tertiary/aromatic N) is 3. The number of phenols is 1. The summed E-state index contributed by atoms with van der Waals surface area (Å²) < 4.78 is 1.36. The lowest BCUT2D eigenvalue weighted by atomic mass is 9.99. The minimum absolute atomic E-state index is 0.0166. The lowest BCUT2D eigenvalue weighted by Crippen LogP contribution is -2.35. The second kappa shape index (κ2) is 7.17. The molecule has 6 heteroatoms. The van der Waals surface area contributed by atoms with E-state index in [-0.39, 0.29) is 23.4 Å². The normalized spacial score (nSPS) is 13.7. The van der Waals surface area contributed by atoms with Crippen LogP contribution >= 0.6 is 0 Å². The minimum Gasteiger partial charge on any atom is -0.508 e. The molecule has 0 saturated carbocycles. The van der Waals surface area contributed by atoms with Gasteiger partial charge in [-0.15, -0.1) is 0 Å². The van der Waals surface area contributed by atoms with Crippen molar-refractivity contribution < 1.29 is 5.11 Å². The molecule has 2 atom stereocenters. The Kier molecular flexibility index (Phi) is 4.95. The van der Waals surface area contributed by atoms with Crippen LogP contribution in [0, 0.1) is 0 Å². The van der Waals surface area contributed by atoms with Crippen molar-refractivity contribution in [1.82, 2.24) is 14.7 Å². The third-order valence-electron chi connectivity index (χ3n) is 4.59. The van der Waals surface area contributed by atoms with E-state index < -0.39 is 0 Å². The number of nitrogens with one attached hydrogen (secondary N) is 1. The SMILES string of the molecule is CC(Nc1nn(C)c(=O)c2ccccc12)C(c1ccc(O)cc1)N(C)C. The highest BCUT2D eigenvalue weighted by atomic mass is 16.3. The largest absolute Gasteiger partial charge is 0.508 e. The maximum absolute atomic E-state index is 12.3. The molecule has 0 aliphatic carbocycles. The molecule has 0 amide bonds. The Labute approximate surface area is 152 Å². The lowest BCUT2D eigenvalue weighted by molar-refractivity contribution is 0.275. The molecule has 0 aliphatic heterocycles. The van der Waals surface area contributed by atoms with Crippen molar-refractivity contribution >= 4 is 16.6 Å². The molecule has 0 aliphatic rings. The predicted octanol–water partition coefficient (Wildman–Crippen LogP) is 2.74. The molecule has 6 nitrogen and oxygen atoms in total. The Morgan fingerprint density at radius 1 is 1.08 bits per heavy atom. The third-order valence-corrected chi connectivity index (χ3v) is 4.59. The monoisotopic (exact) mass is 352 g/mol. The summed E-state index contributed by atoms with van der Waals surface area (Å²) >= 11 is 0. The Bertz CT molecular complexity index is 964. The molecule has 1 aromatic heterocycles. The van der Waals surface area contributed by atoms with Gasteiger partial charge in [0.15, 0.2) is 5.82 Å². The van der Waals surface area contributed by atoms with Gasteiger partial charge in [0.2, 0.25) is 0 Å². The van der Waals surface area contributed by atoms with E-state index in [1.54, 1.807) is 19.2 Å². The quantitative estimate of drug-likeness (QED) is 0.739. The van der Waals surface area contributed by atoms with Gasteiger partial charge in [0, 0.05) is 18.5 Å². The van der Waals surface area contributed by atoms with Crippen LogP contribution in [0.5, 0.6) is 5.75 Å². The summed E-state index contributed by atoms with van der Waals surface area (Å²) in [5, 5.41) is 18.9. The average Bonchev–Trinajstić information content (AvgIpc) is 2.61. The van der Waals surface area contributed by atoms with Gasteiger partial charge in [-0.1, -0.05) is 30.3 Å². The van der Waals surface area contributed by atoms with Gasteiger partial charge < -0.3 is 15.3 Å². The highest BCUT2D eigenvalue weighted by molar-refractivity contribution is 5.90. The zero-order valence-corrected chi connectivity index (χ0v) is 15.5. The van der Waals surface area contributed by atoms with Crippen LogP contribution in [0.4, 0.5) is 5.82 Å². The van der Waals surface area contributed by atoms with E-state index in [1.807, 2.05) is 50.5 Å². The molecule has 0 saturated heterocycles. The molecule has 1 heterocycles. The van der Waals surface area contributed by atoms with E-state index in [0.29, 0.717) is 11.2 Å². The number of aromatic hydroxyl groups is 1. The number of likely N-dealkylation sites (N-methyl/N-ethyl adjacent to an activating group) is 1. The fraction of sp³-hybridized carbons (Fsp3) is 0.300. The topological polar surface area (TPSA) is 70.4 Å². The van der Waals surface area contributed by atoms with Gasteiger partial charge >= 0.3 is 0 Å². The number of hydrogen-bond donors (Lipinski definition) is 2. The molecular weight excluding hydrogens is 328 g/mol. The zero-order valence-electron chi connectivity index (χ0n) is 15.5. The minimum atomic E-state index is -0.110. The van der Waals surface area contributed by atoms with Crippen molar-refractivity contribution in [2.24, 2.45) is 7.05 Å². The van der Waals surface area contributed by atoms with Crippen LogP contribution in [0.1, 0.15) is 18.5 Å². The second-order valence-electron chi connectivity index (χ2n) is 6.76. The van der Waals surface area contributed by atoms with Gasteiger partial charge in [0.05, 0.1) is 11.4 Å². The third kappa shape index (κ3) is 3.41. The smallest absolute Gasteiger partial charge is 0.274 e. The Morgan fingerprint density at radius 2 is 1.69 bits per heavy atom. The summed E-state index contributed by atoms with van der Waals surface area (Å²) in [4.78, 5) is 14.4. The lowest BCUT2D eigenvalue weighted by Gasteiger charge is -2.31. The van der Waals surface area contributed by atoms with E-state index in [2.05, 4.69) is 22.2 Å². The molecule has 0 spiro atoms. The molecule has 2 N–H and O–H groups in total. The van der Waals surface area contributed by atoms with Crippen LogP contribution in [-0.4, -0.2) is 39.9 Å². The molecule has 0 bridgehead atoms. The van der Waals surface area contributed by atoms with Crippen LogP contribution < -0.4 is 10.9 Å². The summed E-state index contributed by atoms with van der Waals surface area (Å²) in [5.74, 6) is 0.929. The highest BCUT2D eigenvalue weighted by Crippen LogP contribution is 2.27. The van der Waals surface area contributed by atoms with Gasteiger partial charge in [-0.05, 0) is 44.8 Å². The van der Waals surface area contributed by atoms with Crippen molar-refractivity contribution in [3.63, 3.8) is 0 Å². The van der Waals surface area contributed by atoms with E-state index in [0.717, 1.165) is 10.9 Å². The fourth-order valence-electron chi connectivity index (χ4n) is 3.41. The molecule has 2 unspecified atom stereocenters. The highest BCUT2D eigenvalue weighted by Gasteiger charge is 2.23. The predicted molar refractivity (Wildman–Crippen MR) is 105 cm³/mol. The average molecular weight is 352 g/mol. The van der Waals surface area contributed by atoms with Gasteiger partial charge in [-0.2, -0.15) is 5.10 Å². The van der Waals surface area contributed by atoms with Gasteiger partial charge in [-0.25, -0.2) is 4.68 Å². The number of aryl methyl sites for hydroxylation is 1. The van der Waals surface area contributed by atoms with Crippen LogP contribution in [0.15, 0.2) is 53.3 Å². The molecular formula is C20H24N4O2. The number of rotatable bonds is 5. The van der Waals surface area contributed by atoms with E-state index >= 15 is 0 Å². The molecule has 136 valence electrons. The Hall–Kier alpha value is -2.86. The van der Waals surface area contributed by atoms with Gasteiger partial charge in [0.25, 0.3) is 5.56 Å². The fourth-order valence-corrected chi connectivity index (χ4v) is 3.41. The summed E-state index contributed by atoms with van der Waals surface area (Å²) in [6.07, 6.45) is 0. The number of aromatic nitrogens is 2. The maximum atomic E-state index is 12.3. The van der Waals surface area contributed by atoms with E-state index in [4.69, 9.17) is 0 Å². The summed E-state index contributed by atoms with van der Waals surface area (Å²) in [6, 6.07) is 14.8. The molecule has 0 radical (unpaired) electrons. The summed E-state index contributed by atoms with van der Waals surface area (Å²) in [6.45, 7) is 2.08. The summed E-state index contributed by atoms with van der Waals surface area (Å²) in [7, 11) is 5.69. The number of phenolic OH excluding ortho intramolecular Hbond substituents is 1. The van der Waals surface area contributed by atoms with E-state index in [9.17, 15) is 9.90 Å². The van der Waals surface area contributed by atoms with Crippen molar-refractivity contribution in [2.45, 2.75) is 19.0 Å². The number of hydrogen-bond acceptors (Lipinski definition) is 5. The molecule has 2 aromatic carbocycles. The van der Waals surface area contributed by atoms with Crippen molar-refractivity contribution in [3.05, 3.63) is 64.4 Å². The Morgan fingerprint density at radius 3 is 2.31 bits per heavy atom. The molecule has 0 fully saturated rings. The first kappa shape index (κ1) is 17.9. The first-order valence-corrected chi connectivity index (χ1v) is 8.56. The second-order valence-corrected chi connectivity index (χ2v) is 6.76. The van der Waals surface area contributed by atoms with Crippen LogP contribution in [0.2, 0.25) is 0 Å². The van der Waals surface area contributed by atoms with Crippen molar-refractivity contribution in [2.75, 3.05) is 19.4 Å². The Balaban J connectivity index is 1.99. The number of fused-ring (bicyclic) bond motifs is 1. The van der Waals surface area contributed by atoms with Gasteiger partial charge in [0.1, 0.15) is 5.75 Å². The molecule has 26 heavy (non-hydrogen) atoms. The molecule has 3 rings (SSSR count). The van der Waals surface area contributed by atoms with E-state index in [1.165, 1.54) is 4.68 Å². The first-order chi connectivity index (χ1) is 12.4. The number of anilines is 1. The van der Waals surface area contributed by atoms with Gasteiger partial charge in [-0.3, -0.25) is 4.79 Å². The zero-order chi connectivity index (χ0) is 18.8. The molecule has 3 aromatic rings. The first-order valence-electron chi connectivity index (χ1n) is 8.56. The maximum Gasteiger partial charge on any atom is 0.274 e. The van der Waals surface area contributed by atoms with Crippen molar-refractivity contribution in [3.8, 4) is 5.75 Å². The van der Waals surface area contributed by atoms with Crippen LogP contribution in [-0.2, 0) is 7.05 Å². The standard InChI is InChI=1S/C20H24N4O2/c1-13(18(23(2)3)14-9-11-15(25)12-10-14)21-19-16-7-5-6-8-17(16)20(26)24(4)22-19/h5-13,18,25H,1-4H3,(H,21,22). The van der Waals surface area contributed by atoms with Crippen molar-refractivity contribution in [1.29, 1.82) is 0 Å².